The highest BCUT2D eigenvalue weighted by atomic mass is 35.5. The van der Waals surface area contributed by atoms with Crippen LogP contribution in [0, 0.1) is 0 Å². The first kappa shape index (κ1) is 19.4. The van der Waals surface area contributed by atoms with Crippen LogP contribution in [0.2, 0.25) is 0 Å². The molecular weight excluding hydrogens is 332 g/mol. The summed E-state index contributed by atoms with van der Waals surface area (Å²) >= 11 is 1.88. The number of rotatable bonds is 0. The summed E-state index contributed by atoms with van der Waals surface area (Å²) in [5.41, 5.74) is 2.91. The molecule has 0 saturated carbocycles. The van der Waals surface area contributed by atoms with Gasteiger partial charge in [-0.1, -0.05) is 48.2 Å². The highest BCUT2D eigenvalue weighted by molar-refractivity contribution is 7.99. The summed E-state index contributed by atoms with van der Waals surface area (Å²) in [5, 5.41) is 6.44. The highest BCUT2D eigenvalue weighted by Gasteiger charge is 2.13. The molecule has 2 nitrogen and oxygen atoms in total. The van der Waals surface area contributed by atoms with E-state index in [1.54, 1.807) is 0 Å². The monoisotopic (exact) mass is 354 g/mol. The van der Waals surface area contributed by atoms with E-state index in [1.807, 2.05) is 11.8 Å². The van der Waals surface area contributed by atoms with Gasteiger partial charge in [0.15, 0.2) is 0 Å². The zero-order valence-corrected chi connectivity index (χ0v) is 15.1. The molecule has 0 spiro atoms. The molecule has 2 aliphatic rings. The molecule has 0 aromatic heterocycles. The lowest BCUT2D eigenvalue weighted by molar-refractivity contribution is 0.534. The Hall–Kier alpha value is -0.650. The Balaban J connectivity index is 0.000000261. The van der Waals surface area contributed by atoms with Gasteiger partial charge in [-0.05, 0) is 29.7 Å². The van der Waals surface area contributed by atoms with Crippen molar-refractivity contribution in [3.05, 3.63) is 59.7 Å². The van der Waals surface area contributed by atoms with Gasteiger partial charge in [-0.2, -0.15) is 13.5 Å². The van der Waals surface area contributed by atoms with E-state index in [0.717, 1.165) is 32.6 Å². The van der Waals surface area contributed by atoms with Crippen LogP contribution >= 0.6 is 37.7 Å². The molecule has 2 N–H and O–H groups in total. The second kappa shape index (κ2) is 10.2. The third-order valence-corrected chi connectivity index (χ3v) is 4.74. The van der Waals surface area contributed by atoms with Crippen LogP contribution in [0.4, 0.5) is 0 Å². The number of benzene rings is 2. The van der Waals surface area contributed by atoms with Gasteiger partial charge in [0.25, 0.3) is 0 Å². The van der Waals surface area contributed by atoms with E-state index in [4.69, 9.17) is 0 Å². The van der Waals surface area contributed by atoms with E-state index >= 15 is 0 Å². The molecule has 5 heteroatoms. The van der Waals surface area contributed by atoms with Crippen molar-refractivity contribution < 1.29 is 0 Å². The van der Waals surface area contributed by atoms with Crippen molar-refractivity contribution in [1.82, 2.24) is 10.6 Å². The Morgan fingerprint density at radius 1 is 0.682 bits per heavy atom. The van der Waals surface area contributed by atoms with Crippen LogP contribution in [-0.4, -0.2) is 26.2 Å². The summed E-state index contributed by atoms with van der Waals surface area (Å²) in [5.74, 6) is 0. The van der Waals surface area contributed by atoms with Crippen LogP contribution < -0.4 is 10.6 Å². The topological polar surface area (TPSA) is 24.1 Å². The van der Waals surface area contributed by atoms with Gasteiger partial charge >= 0.3 is 0 Å². The Bertz CT molecular complexity index is 475. The maximum atomic E-state index is 3.22. The standard InChI is InChI=1S/C13H10S.C4H10N2.ClH.H2S/c1-3-7-12-10(5-1)9-11-6-2-4-8-13(11)14-12;1-2-6-4-3-5-1;;/h1-8H,9H2;5-6H,1-4H2;1H;1H2. The first-order chi connectivity index (χ1) is 9.93. The Morgan fingerprint density at radius 3 is 1.50 bits per heavy atom. The molecule has 2 heterocycles. The minimum atomic E-state index is 0. The molecule has 0 aliphatic carbocycles. The summed E-state index contributed by atoms with van der Waals surface area (Å²) in [6.07, 6.45) is 1.08. The maximum absolute atomic E-state index is 3.22. The molecule has 0 bridgehead atoms. The fourth-order valence-electron chi connectivity index (χ4n) is 2.43. The lowest BCUT2D eigenvalue weighted by Gasteiger charge is -2.17. The first-order valence-electron chi connectivity index (χ1n) is 7.18. The van der Waals surface area contributed by atoms with Crippen molar-refractivity contribution in [3.8, 4) is 0 Å². The molecule has 1 saturated heterocycles. The molecule has 22 heavy (non-hydrogen) atoms. The largest absolute Gasteiger partial charge is 0.314 e. The number of hydrogen-bond donors (Lipinski definition) is 2. The molecule has 0 radical (unpaired) electrons. The average molecular weight is 355 g/mol. The lowest BCUT2D eigenvalue weighted by atomic mass is 10.0. The van der Waals surface area contributed by atoms with E-state index in [2.05, 4.69) is 59.2 Å². The van der Waals surface area contributed by atoms with E-state index in [-0.39, 0.29) is 25.9 Å². The van der Waals surface area contributed by atoms with Crippen LogP contribution in [0.1, 0.15) is 11.1 Å². The third kappa shape index (κ3) is 5.21. The zero-order chi connectivity index (χ0) is 13.6. The van der Waals surface area contributed by atoms with Gasteiger partial charge in [0, 0.05) is 36.0 Å². The predicted molar refractivity (Wildman–Crippen MR) is 103 cm³/mol. The molecule has 4 rings (SSSR count). The summed E-state index contributed by atoms with van der Waals surface area (Å²) in [6, 6.07) is 17.3. The van der Waals surface area contributed by atoms with Gasteiger partial charge in [-0.15, -0.1) is 12.4 Å². The second-order valence-electron chi connectivity index (χ2n) is 4.99. The van der Waals surface area contributed by atoms with Crippen molar-refractivity contribution >= 4 is 37.7 Å². The molecule has 2 aromatic carbocycles. The van der Waals surface area contributed by atoms with E-state index in [9.17, 15) is 0 Å². The van der Waals surface area contributed by atoms with Gasteiger partial charge in [0.2, 0.25) is 0 Å². The van der Waals surface area contributed by atoms with Crippen molar-refractivity contribution in [2.75, 3.05) is 26.2 Å². The van der Waals surface area contributed by atoms with Crippen LogP contribution in [0.25, 0.3) is 0 Å². The smallest absolute Gasteiger partial charge is 0.0157 e. The predicted octanol–water partition coefficient (Wildman–Crippen LogP) is 3.46. The number of nitrogens with one attached hydrogen (secondary N) is 2. The number of piperazine rings is 1. The van der Waals surface area contributed by atoms with Crippen molar-refractivity contribution in [2.45, 2.75) is 16.2 Å². The molecule has 2 aliphatic heterocycles. The zero-order valence-electron chi connectivity index (χ0n) is 12.5. The van der Waals surface area contributed by atoms with Crippen LogP contribution in [-0.2, 0) is 6.42 Å². The lowest BCUT2D eigenvalue weighted by Crippen LogP contribution is -2.39. The molecule has 0 amide bonds. The third-order valence-electron chi connectivity index (χ3n) is 3.50. The SMILES string of the molecule is C1CNCCN1.Cl.S.c1ccc2c(c1)Cc1ccccc1S2. The van der Waals surface area contributed by atoms with Gasteiger partial charge < -0.3 is 10.6 Å². The number of halogens is 1. The number of hydrogen-bond acceptors (Lipinski definition) is 3. The fourth-order valence-corrected chi connectivity index (χ4v) is 3.50. The van der Waals surface area contributed by atoms with Gasteiger partial charge in [-0.3, -0.25) is 0 Å². The average Bonchev–Trinajstić information content (AvgIpc) is 2.55. The highest BCUT2D eigenvalue weighted by Crippen LogP contribution is 2.38. The summed E-state index contributed by atoms with van der Waals surface area (Å²) in [7, 11) is 0. The van der Waals surface area contributed by atoms with Crippen molar-refractivity contribution in [1.29, 1.82) is 0 Å². The van der Waals surface area contributed by atoms with E-state index in [0.29, 0.717) is 0 Å². The first-order valence-corrected chi connectivity index (χ1v) is 8.00. The van der Waals surface area contributed by atoms with Gasteiger partial charge in [0.05, 0.1) is 0 Å². The van der Waals surface area contributed by atoms with Gasteiger partial charge in [0.1, 0.15) is 0 Å². The van der Waals surface area contributed by atoms with Crippen LogP contribution in [0.5, 0.6) is 0 Å². The molecule has 120 valence electrons. The Morgan fingerprint density at radius 2 is 1.09 bits per heavy atom. The second-order valence-corrected chi connectivity index (χ2v) is 6.08. The molecule has 0 unspecified atom stereocenters. The number of fused-ring (bicyclic) bond motifs is 2. The Labute approximate surface area is 150 Å². The minimum absolute atomic E-state index is 0. The molecule has 1 fully saturated rings. The van der Waals surface area contributed by atoms with Crippen molar-refractivity contribution in [2.24, 2.45) is 0 Å². The van der Waals surface area contributed by atoms with Crippen LogP contribution in [0.3, 0.4) is 0 Å². The van der Waals surface area contributed by atoms with E-state index < -0.39 is 0 Å². The fraction of sp³-hybridized carbons (Fsp3) is 0.294. The van der Waals surface area contributed by atoms with Crippen LogP contribution in [0.15, 0.2) is 58.3 Å². The minimum Gasteiger partial charge on any atom is -0.314 e. The quantitative estimate of drug-likeness (QED) is 0.646. The normalized spacial score (nSPS) is 14.9. The molecular formula is C17H23ClN2S2. The summed E-state index contributed by atoms with van der Waals surface area (Å²) in [6.45, 7) is 4.56. The summed E-state index contributed by atoms with van der Waals surface area (Å²) in [4.78, 5) is 2.82. The van der Waals surface area contributed by atoms with E-state index in [1.165, 1.54) is 20.9 Å². The maximum Gasteiger partial charge on any atom is 0.0157 e. The molecule has 2 aromatic rings. The van der Waals surface area contributed by atoms with Crippen molar-refractivity contribution in [3.63, 3.8) is 0 Å². The molecule has 0 atom stereocenters. The Kier molecular flexibility index (Phi) is 8.98. The summed E-state index contributed by atoms with van der Waals surface area (Å²) < 4.78 is 0. The van der Waals surface area contributed by atoms with Gasteiger partial charge in [-0.25, -0.2) is 0 Å².